The zero-order chi connectivity index (χ0) is 49.8. The second kappa shape index (κ2) is 23.7. The lowest BCUT2D eigenvalue weighted by Crippen LogP contribution is -2.55. The Morgan fingerprint density at radius 2 is 0.766 bits per heavy atom. The van der Waals surface area contributed by atoms with Crippen LogP contribution in [0.4, 0.5) is 0 Å². The van der Waals surface area contributed by atoms with E-state index < -0.39 is 49.9 Å². The first kappa shape index (κ1) is 59.8. The minimum atomic E-state index is -0.811. The molecule has 10 heteroatoms. The summed E-state index contributed by atoms with van der Waals surface area (Å²) in [6.45, 7) is 42.7. The van der Waals surface area contributed by atoms with Crippen molar-refractivity contribution in [2.75, 3.05) is 6.61 Å². The largest absolute Gasteiger partial charge is 0.456 e. The fraction of sp³-hybridized carbons (Fsp3) is 0.926. The number of rotatable bonds is 20. The summed E-state index contributed by atoms with van der Waals surface area (Å²) in [5, 5.41) is 0. The molecule has 0 aliphatic heterocycles. The Bertz CT molecular complexity index is 1460. The van der Waals surface area contributed by atoms with Crippen LogP contribution >= 0.6 is 0 Å². The van der Waals surface area contributed by atoms with Crippen LogP contribution in [0.5, 0.6) is 0 Å². The molecule has 1 unspecified atom stereocenters. The molecule has 3 saturated carbocycles. The Morgan fingerprint density at radius 3 is 1.03 bits per heavy atom. The standard InChI is InChI=1S/C19H34O4.C19H36O3.C16H30O3/c1-8-17(4,5)16(21)23-19(11-9-10-12-19)18(6,7)22-15(20)13-14(2)3;1-9-17(5,6)16(20)22-19(12-10-11-13-19)18(7,8)21-15(4)14(2)3;1-7-14(3,4)13(17)19-16(11-9-10-12-16)15(5,6)18-8-2/h14H,8-13H2,1-7H3;14-15H,9-13H2,1-8H3;7-12H2,1-6H3. The summed E-state index contributed by atoms with van der Waals surface area (Å²) < 4.78 is 36.2. The lowest BCUT2D eigenvalue weighted by molar-refractivity contribution is -0.221. The van der Waals surface area contributed by atoms with Crippen LogP contribution in [-0.2, 0) is 47.6 Å². The highest BCUT2D eigenvalue weighted by Crippen LogP contribution is 2.48. The third kappa shape index (κ3) is 15.4. The van der Waals surface area contributed by atoms with Crippen molar-refractivity contribution in [3.8, 4) is 0 Å². The number of esters is 4. The maximum atomic E-state index is 12.6. The first-order valence-electron chi connectivity index (χ1n) is 25.4. The van der Waals surface area contributed by atoms with Gasteiger partial charge in [-0.05, 0) is 205 Å². The summed E-state index contributed by atoms with van der Waals surface area (Å²) in [5.41, 5.74) is -4.71. The highest BCUT2D eigenvalue weighted by Gasteiger charge is 2.56. The fourth-order valence-electron chi connectivity index (χ4n) is 8.65. The summed E-state index contributed by atoms with van der Waals surface area (Å²) >= 11 is 0. The van der Waals surface area contributed by atoms with E-state index in [4.69, 9.17) is 28.4 Å². The number of hydrogen-bond donors (Lipinski definition) is 0. The number of carbonyl (C=O) groups is 4. The predicted molar refractivity (Wildman–Crippen MR) is 259 cm³/mol. The summed E-state index contributed by atoms with van der Waals surface area (Å²) in [7, 11) is 0. The zero-order valence-electron chi connectivity index (χ0n) is 45.3. The van der Waals surface area contributed by atoms with Crippen LogP contribution in [0.1, 0.15) is 248 Å². The summed E-state index contributed by atoms with van der Waals surface area (Å²) in [6.07, 6.45) is 14.3. The first-order chi connectivity index (χ1) is 29.1. The minimum Gasteiger partial charge on any atom is -0.456 e. The highest BCUT2D eigenvalue weighted by molar-refractivity contribution is 5.77. The smallest absolute Gasteiger partial charge is 0.312 e. The molecule has 0 heterocycles. The van der Waals surface area contributed by atoms with Gasteiger partial charge in [-0.25, -0.2) is 0 Å². The molecule has 0 bridgehead atoms. The molecule has 10 nitrogen and oxygen atoms in total. The average Bonchev–Trinajstić information content (AvgIpc) is 3.98. The SMILES string of the molecule is CCC(C)(C)C(=O)OC1(C(C)(C)OC(=O)CC(C)C)CCCC1.CCC(C)(C)C(=O)OC1(C(C)(C)OC(C)C(C)C)CCCC1.CCOC(C)(C)C1(OC(=O)C(C)(C)CC)CCCC1. The molecular weight excluding hydrogens is 809 g/mol. The molecule has 64 heavy (non-hydrogen) atoms. The van der Waals surface area contributed by atoms with Crippen molar-refractivity contribution in [2.24, 2.45) is 28.1 Å². The van der Waals surface area contributed by atoms with Gasteiger partial charge in [0.05, 0.1) is 22.3 Å². The Morgan fingerprint density at radius 1 is 0.469 bits per heavy atom. The molecule has 0 aromatic rings. The van der Waals surface area contributed by atoms with E-state index in [1.165, 1.54) is 0 Å². The molecule has 0 saturated heterocycles. The van der Waals surface area contributed by atoms with Gasteiger partial charge in [-0.1, -0.05) is 48.5 Å². The molecule has 3 fully saturated rings. The topological polar surface area (TPSA) is 124 Å². The van der Waals surface area contributed by atoms with Crippen LogP contribution in [0.2, 0.25) is 0 Å². The summed E-state index contributed by atoms with van der Waals surface area (Å²) in [4.78, 5) is 49.8. The predicted octanol–water partition coefficient (Wildman–Crippen LogP) is 13.9. The Balaban J connectivity index is 0.000000482. The zero-order valence-corrected chi connectivity index (χ0v) is 45.3. The van der Waals surface area contributed by atoms with Gasteiger partial charge >= 0.3 is 23.9 Å². The van der Waals surface area contributed by atoms with E-state index in [9.17, 15) is 19.2 Å². The van der Waals surface area contributed by atoms with Crippen LogP contribution in [0, 0.1) is 28.1 Å². The van der Waals surface area contributed by atoms with Crippen molar-refractivity contribution in [1.82, 2.24) is 0 Å². The van der Waals surface area contributed by atoms with E-state index in [2.05, 4.69) is 34.6 Å². The van der Waals surface area contributed by atoms with Crippen molar-refractivity contribution in [3.63, 3.8) is 0 Å². The molecule has 0 aromatic carbocycles. The Kier molecular flexibility index (Phi) is 22.1. The molecule has 0 aromatic heterocycles. The van der Waals surface area contributed by atoms with E-state index in [1.54, 1.807) is 0 Å². The van der Waals surface area contributed by atoms with Crippen molar-refractivity contribution < 1.29 is 47.6 Å². The molecule has 1 atom stereocenters. The second-order valence-corrected chi connectivity index (χ2v) is 23.6. The van der Waals surface area contributed by atoms with Crippen LogP contribution in [0.3, 0.4) is 0 Å². The van der Waals surface area contributed by atoms with Gasteiger partial charge in [0.1, 0.15) is 28.0 Å². The normalized spacial score (nSPS) is 19.2. The van der Waals surface area contributed by atoms with Crippen molar-refractivity contribution in [3.05, 3.63) is 0 Å². The third-order valence-corrected chi connectivity index (χ3v) is 15.6. The Hall–Kier alpha value is -2.20. The lowest BCUT2D eigenvalue weighted by Gasteiger charge is -2.46. The molecule has 376 valence electrons. The van der Waals surface area contributed by atoms with Gasteiger partial charge in [0.25, 0.3) is 0 Å². The van der Waals surface area contributed by atoms with Gasteiger partial charge in [-0.3, -0.25) is 19.2 Å². The molecule has 0 N–H and O–H groups in total. The number of ether oxygens (including phenoxy) is 6. The monoisotopic (exact) mass is 909 g/mol. The quantitative estimate of drug-likeness (QED) is 0.0861. The van der Waals surface area contributed by atoms with E-state index >= 15 is 0 Å². The van der Waals surface area contributed by atoms with Gasteiger partial charge in [0, 0.05) is 13.0 Å². The van der Waals surface area contributed by atoms with Crippen molar-refractivity contribution in [1.29, 1.82) is 0 Å². The molecule has 0 amide bonds. The van der Waals surface area contributed by atoms with Crippen molar-refractivity contribution >= 4 is 23.9 Å². The van der Waals surface area contributed by atoms with E-state index in [-0.39, 0.29) is 35.9 Å². The molecule has 3 aliphatic carbocycles. The Labute approximate surface area is 392 Å². The molecule has 0 spiro atoms. The van der Waals surface area contributed by atoms with Crippen molar-refractivity contribution in [2.45, 2.75) is 288 Å². The molecular formula is C54H100O10. The van der Waals surface area contributed by atoms with Gasteiger partial charge in [0.15, 0.2) is 5.60 Å². The highest BCUT2D eigenvalue weighted by atomic mass is 16.6. The van der Waals surface area contributed by atoms with Gasteiger partial charge in [-0.15, -0.1) is 0 Å². The van der Waals surface area contributed by atoms with Crippen LogP contribution in [0.25, 0.3) is 0 Å². The fourth-order valence-corrected chi connectivity index (χ4v) is 8.65. The third-order valence-electron chi connectivity index (χ3n) is 15.6. The van der Waals surface area contributed by atoms with Gasteiger partial charge in [0.2, 0.25) is 0 Å². The minimum absolute atomic E-state index is 0.0919. The maximum absolute atomic E-state index is 12.6. The van der Waals surface area contributed by atoms with Crippen LogP contribution < -0.4 is 0 Å². The van der Waals surface area contributed by atoms with Crippen LogP contribution in [0.15, 0.2) is 0 Å². The summed E-state index contributed by atoms with van der Waals surface area (Å²) in [6, 6.07) is 0. The van der Waals surface area contributed by atoms with Crippen LogP contribution in [-0.4, -0.2) is 70.2 Å². The number of carbonyl (C=O) groups excluding carboxylic acids is 4. The van der Waals surface area contributed by atoms with E-state index in [1.807, 2.05) is 111 Å². The second-order valence-electron chi connectivity index (χ2n) is 23.6. The lowest BCUT2D eigenvalue weighted by atomic mass is 9.82. The molecule has 0 radical (unpaired) electrons. The molecule has 3 aliphatic rings. The number of hydrogen-bond acceptors (Lipinski definition) is 10. The van der Waals surface area contributed by atoms with E-state index in [0.29, 0.717) is 18.9 Å². The first-order valence-corrected chi connectivity index (χ1v) is 25.4. The van der Waals surface area contributed by atoms with Gasteiger partial charge in [-0.2, -0.15) is 0 Å². The average molecular weight is 909 g/mol. The van der Waals surface area contributed by atoms with Gasteiger partial charge < -0.3 is 28.4 Å². The maximum Gasteiger partial charge on any atom is 0.312 e. The molecule has 3 rings (SSSR count). The summed E-state index contributed by atoms with van der Waals surface area (Å²) in [5.74, 6) is 0.0901. The van der Waals surface area contributed by atoms with E-state index in [0.717, 1.165) is 96.3 Å².